The lowest BCUT2D eigenvalue weighted by Gasteiger charge is -2.40. The van der Waals surface area contributed by atoms with Crippen LogP contribution in [0.25, 0.3) is 0 Å². The number of benzene rings is 1. The van der Waals surface area contributed by atoms with Crippen molar-refractivity contribution >= 4 is 0 Å². The molecule has 2 aliphatic heterocycles. The summed E-state index contributed by atoms with van der Waals surface area (Å²) in [5, 5.41) is 11.1. The Hall–Kier alpha value is -1.14. The van der Waals surface area contributed by atoms with Gasteiger partial charge >= 0.3 is 0 Å². The predicted molar refractivity (Wildman–Crippen MR) is 99.2 cm³/mol. The summed E-state index contributed by atoms with van der Waals surface area (Å²) in [5.74, 6) is 0.797. The molecule has 2 heterocycles. The number of nitrogens with zero attached hydrogens (tertiary/aromatic N) is 2. The average Bonchev–Trinajstić information content (AvgIpc) is 2.84. The van der Waals surface area contributed by atoms with Crippen molar-refractivity contribution in [2.45, 2.75) is 38.3 Å². The van der Waals surface area contributed by atoms with Crippen molar-refractivity contribution in [1.29, 1.82) is 0 Å². The van der Waals surface area contributed by atoms with Crippen molar-refractivity contribution in [3.05, 3.63) is 29.8 Å². The van der Waals surface area contributed by atoms with Crippen LogP contribution in [0.2, 0.25) is 0 Å². The molecule has 0 aliphatic carbocycles. The van der Waals surface area contributed by atoms with Crippen LogP contribution < -0.4 is 4.74 Å². The molecule has 5 nitrogen and oxygen atoms in total. The Morgan fingerprint density at radius 2 is 1.92 bits per heavy atom. The zero-order valence-corrected chi connectivity index (χ0v) is 15.6. The fourth-order valence-corrected chi connectivity index (χ4v) is 3.80. The summed E-state index contributed by atoms with van der Waals surface area (Å²) in [4.78, 5) is 4.91. The van der Waals surface area contributed by atoms with Gasteiger partial charge in [0, 0.05) is 19.1 Å². The van der Waals surface area contributed by atoms with Gasteiger partial charge in [-0.3, -0.25) is 4.90 Å². The molecule has 1 aromatic carbocycles. The van der Waals surface area contributed by atoms with Gasteiger partial charge in [0.15, 0.2) is 0 Å². The predicted octanol–water partition coefficient (Wildman–Crippen LogP) is 1.92. The number of ether oxygens (including phenoxy) is 2. The minimum Gasteiger partial charge on any atom is -0.490 e. The largest absolute Gasteiger partial charge is 0.490 e. The van der Waals surface area contributed by atoms with Gasteiger partial charge in [-0.2, -0.15) is 0 Å². The van der Waals surface area contributed by atoms with Crippen molar-refractivity contribution in [1.82, 2.24) is 9.80 Å². The molecule has 3 rings (SSSR count). The minimum atomic E-state index is -0.955. The van der Waals surface area contributed by atoms with Gasteiger partial charge < -0.3 is 19.5 Å². The lowest BCUT2D eigenvalue weighted by atomic mass is 9.99. The van der Waals surface area contributed by atoms with Crippen molar-refractivity contribution in [3.63, 3.8) is 0 Å². The Morgan fingerprint density at radius 3 is 2.60 bits per heavy atom. The van der Waals surface area contributed by atoms with Crippen LogP contribution in [0.5, 0.6) is 5.75 Å². The van der Waals surface area contributed by atoms with Crippen LogP contribution in [-0.4, -0.2) is 79.1 Å². The summed E-state index contributed by atoms with van der Waals surface area (Å²) in [6.45, 7) is 10.5. The SMILES string of the molecule is CCN1CCC(N2CCOCC(O)(COc3ccc(C)cc3)C2)CC1. The number of hydrogen-bond donors (Lipinski definition) is 1. The second-order valence-corrected chi connectivity index (χ2v) is 7.51. The molecule has 2 saturated heterocycles. The van der Waals surface area contributed by atoms with Crippen molar-refractivity contribution < 1.29 is 14.6 Å². The third-order valence-electron chi connectivity index (χ3n) is 5.44. The molecule has 0 saturated carbocycles. The maximum Gasteiger partial charge on any atom is 0.134 e. The topological polar surface area (TPSA) is 45.2 Å². The fourth-order valence-electron chi connectivity index (χ4n) is 3.80. The smallest absolute Gasteiger partial charge is 0.134 e. The lowest BCUT2D eigenvalue weighted by Crippen LogP contribution is -2.53. The molecule has 2 fully saturated rings. The second kappa shape index (κ2) is 8.49. The molecule has 0 bridgehead atoms. The molecule has 1 atom stereocenters. The number of rotatable bonds is 5. The summed E-state index contributed by atoms with van der Waals surface area (Å²) in [7, 11) is 0. The van der Waals surface area contributed by atoms with Crippen LogP contribution in [0.15, 0.2) is 24.3 Å². The van der Waals surface area contributed by atoms with E-state index >= 15 is 0 Å². The zero-order chi connectivity index (χ0) is 17.7. The zero-order valence-electron chi connectivity index (χ0n) is 15.6. The normalized spacial score (nSPS) is 27.2. The summed E-state index contributed by atoms with van der Waals surface area (Å²) < 4.78 is 11.6. The molecule has 0 spiro atoms. The quantitative estimate of drug-likeness (QED) is 0.881. The standard InChI is InChI=1S/C20H32N2O3/c1-3-21-10-8-18(9-11-21)22-12-13-24-15-20(23,14-22)16-25-19-6-4-17(2)5-7-19/h4-7,18,23H,3,8-16H2,1-2H3. The molecule has 2 aliphatic rings. The Balaban J connectivity index is 1.57. The highest BCUT2D eigenvalue weighted by molar-refractivity contribution is 5.26. The number of hydrogen-bond acceptors (Lipinski definition) is 5. The summed E-state index contributed by atoms with van der Waals surface area (Å²) in [6.07, 6.45) is 2.34. The molecule has 5 heteroatoms. The van der Waals surface area contributed by atoms with E-state index in [0.29, 0.717) is 25.8 Å². The molecular formula is C20H32N2O3. The van der Waals surface area contributed by atoms with E-state index in [0.717, 1.165) is 31.9 Å². The number of β-amino-alcohol motifs (C(OH)–C–C–N with tert-alkyl or cyclic N) is 1. The van der Waals surface area contributed by atoms with E-state index in [1.807, 2.05) is 24.3 Å². The first-order valence-electron chi connectivity index (χ1n) is 9.54. The van der Waals surface area contributed by atoms with Crippen LogP contribution in [0, 0.1) is 6.92 Å². The van der Waals surface area contributed by atoms with E-state index in [1.54, 1.807) is 0 Å². The van der Waals surface area contributed by atoms with Gasteiger partial charge in [0.1, 0.15) is 18.0 Å². The first kappa shape index (κ1) is 18.6. The Bertz CT molecular complexity index is 528. The van der Waals surface area contributed by atoms with Gasteiger partial charge in [-0.15, -0.1) is 0 Å². The van der Waals surface area contributed by atoms with Gasteiger partial charge in [-0.05, 0) is 51.5 Å². The highest BCUT2D eigenvalue weighted by Gasteiger charge is 2.36. The number of aliphatic hydroxyl groups is 1. The first-order valence-corrected chi connectivity index (χ1v) is 9.54. The number of aryl methyl sites for hydroxylation is 1. The van der Waals surface area contributed by atoms with Gasteiger partial charge in [-0.25, -0.2) is 0 Å². The van der Waals surface area contributed by atoms with Gasteiger partial charge in [0.2, 0.25) is 0 Å². The third kappa shape index (κ3) is 5.17. The Morgan fingerprint density at radius 1 is 1.20 bits per heavy atom. The average molecular weight is 348 g/mol. The molecule has 0 aromatic heterocycles. The van der Waals surface area contributed by atoms with Gasteiger partial charge in [-0.1, -0.05) is 24.6 Å². The van der Waals surface area contributed by atoms with Crippen molar-refractivity contribution in [3.8, 4) is 5.75 Å². The van der Waals surface area contributed by atoms with Crippen LogP contribution in [-0.2, 0) is 4.74 Å². The summed E-state index contributed by atoms with van der Waals surface area (Å²) >= 11 is 0. The van der Waals surface area contributed by atoms with E-state index in [-0.39, 0.29) is 6.61 Å². The van der Waals surface area contributed by atoms with E-state index < -0.39 is 5.60 Å². The molecule has 140 valence electrons. The molecular weight excluding hydrogens is 316 g/mol. The lowest BCUT2D eigenvalue weighted by molar-refractivity contribution is -0.0689. The molecule has 0 amide bonds. The number of likely N-dealkylation sites (tertiary alicyclic amines) is 1. The second-order valence-electron chi connectivity index (χ2n) is 7.51. The monoisotopic (exact) mass is 348 g/mol. The Labute approximate surface area is 151 Å². The third-order valence-corrected chi connectivity index (χ3v) is 5.44. The van der Waals surface area contributed by atoms with E-state index in [9.17, 15) is 5.11 Å². The van der Waals surface area contributed by atoms with Gasteiger partial charge in [0.05, 0.1) is 13.2 Å². The maximum absolute atomic E-state index is 11.1. The van der Waals surface area contributed by atoms with Crippen LogP contribution in [0.3, 0.4) is 0 Å². The minimum absolute atomic E-state index is 0.264. The molecule has 1 unspecified atom stereocenters. The number of piperidine rings is 1. The van der Waals surface area contributed by atoms with Crippen LogP contribution in [0.4, 0.5) is 0 Å². The van der Waals surface area contributed by atoms with E-state index in [4.69, 9.17) is 9.47 Å². The van der Waals surface area contributed by atoms with E-state index in [1.165, 1.54) is 18.4 Å². The highest BCUT2D eigenvalue weighted by Crippen LogP contribution is 2.22. The molecule has 0 radical (unpaired) electrons. The van der Waals surface area contributed by atoms with Crippen molar-refractivity contribution in [2.75, 3.05) is 52.5 Å². The molecule has 1 aromatic rings. The van der Waals surface area contributed by atoms with Crippen LogP contribution in [0.1, 0.15) is 25.3 Å². The van der Waals surface area contributed by atoms with Gasteiger partial charge in [0.25, 0.3) is 0 Å². The highest BCUT2D eigenvalue weighted by atomic mass is 16.5. The van der Waals surface area contributed by atoms with E-state index in [2.05, 4.69) is 23.6 Å². The van der Waals surface area contributed by atoms with Crippen LogP contribution >= 0.6 is 0 Å². The fraction of sp³-hybridized carbons (Fsp3) is 0.700. The molecule has 25 heavy (non-hydrogen) atoms. The van der Waals surface area contributed by atoms with Crippen molar-refractivity contribution in [2.24, 2.45) is 0 Å². The molecule has 1 N–H and O–H groups in total. The Kier molecular flexibility index (Phi) is 6.34. The maximum atomic E-state index is 11.1. The summed E-state index contributed by atoms with van der Waals surface area (Å²) in [6, 6.07) is 8.49. The first-order chi connectivity index (χ1) is 12.1. The summed E-state index contributed by atoms with van der Waals surface area (Å²) in [5.41, 5.74) is 0.247.